The first kappa shape index (κ1) is 18.3. The molecule has 0 radical (unpaired) electrons. The molecule has 138 valence electrons. The van der Waals surface area contributed by atoms with Crippen LogP contribution in [0.2, 0.25) is 0 Å². The number of non-ortho nitro benzene ring substituents is 1. The van der Waals surface area contributed by atoms with Crippen molar-refractivity contribution >= 4 is 38.2 Å². The molecule has 0 aromatic heterocycles. The van der Waals surface area contributed by atoms with E-state index in [0.29, 0.717) is 5.39 Å². The third-order valence-corrected chi connectivity index (χ3v) is 4.67. The second-order valence-corrected chi connectivity index (χ2v) is 7.00. The molecule has 10 heteroatoms. The van der Waals surface area contributed by atoms with Crippen LogP contribution >= 0.6 is 0 Å². The summed E-state index contributed by atoms with van der Waals surface area (Å²) in [6.45, 7) is 0. The minimum Gasteiger partial charge on any atom is -0.508 e. The minimum atomic E-state index is -4.60. The number of phenolic OH excluding ortho intramolecular Hbond substituents is 1. The summed E-state index contributed by atoms with van der Waals surface area (Å²) in [4.78, 5) is 21.8. The Balaban J connectivity index is 1.96. The molecule has 3 rings (SSSR count). The Labute approximate surface area is 152 Å². The van der Waals surface area contributed by atoms with E-state index in [2.05, 4.69) is 5.32 Å². The molecule has 3 aromatic carbocycles. The summed E-state index contributed by atoms with van der Waals surface area (Å²) in [7, 11) is -4.60. The van der Waals surface area contributed by atoms with Crippen molar-refractivity contribution in [2.24, 2.45) is 0 Å². The number of amides is 1. The van der Waals surface area contributed by atoms with E-state index in [0.717, 1.165) is 6.07 Å². The van der Waals surface area contributed by atoms with Crippen LogP contribution < -0.4 is 5.32 Å². The van der Waals surface area contributed by atoms with Crippen LogP contribution in [0.5, 0.6) is 5.75 Å². The zero-order chi connectivity index (χ0) is 19.8. The van der Waals surface area contributed by atoms with Gasteiger partial charge in [0, 0.05) is 34.8 Å². The van der Waals surface area contributed by atoms with Gasteiger partial charge in [-0.2, -0.15) is 8.42 Å². The van der Waals surface area contributed by atoms with Gasteiger partial charge >= 0.3 is 0 Å². The molecule has 9 nitrogen and oxygen atoms in total. The summed E-state index contributed by atoms with van der Waals surface area (Å²) >= 11 is 0. The average Bonchev–Trinajstić information content (AvgIpc) is 2.60. The van der Waals surface area contributed by atoms with Crippen molar-refractivity contribution in [3.8, 4) is 5.75 Å². The van der Waals surface area contributed by atoms with E-state index in [1.54, 1.807) is 0 Å². The van der Waals surface area contributed by atoms with Crippen molar-refractivity contribution in [2.75, 3.05) is 5.32 Å². The minimum absolute atomic E-state index is 0.108. The van der Waals surface area contributed by atoms with E-state index in [-0.39, 0.29) is 28.1 Å². The van der Waals surface area contributed by atoms with Crippen molar-refractivity contribution in [3.05, 3.63) is 70.3 Å². The van der Waals surface area contributed by atoms with Gasteiger partial charge in [-0.3, -0.25) is 19.5 Å². The first-order chi connectivity index (χ1) is 12.6. The molecule has 27 heavy (non-hydrogen) atoms. The molecule has 0 saturated carbocycles. The molecular formula is C17H12N2O7S. The SMILES string of the molecule is O=C(Nc1ccc2cc(O)cc(S(=O)(=O)O)c2c1)c1ccc([N+](=O)[O-])cc1. The first-order valence-electron chi connectivity index (χ1n) is 7.45. The highest BCUT2D eigenvalue weighted by molar-refractivity contribution is 7.86. The lowest BCUT2D eigenvalue weighted by Gasteiger charge is -2.09. The number of nitro benzene ring substituents is 1. The van der Waals surface area contributed by atoms with Crippen LogP contribution in [0.4, 0.5) is 11.4 Å². The Bertz CT molecular complexity index is 1170. The lowest BCUT2D eigenvalue weighted by Crippen LogP contribution is -2.12. The zero-order valence-electron chi connectivity index (χ0n) is 13.5. The molecule has 0 saturated heterocycles. The lowest BCUT2D eigenvalue weighted by molar-refractivity contribution is -0.384. The summed E-state index contributed by atoms with van der Waals surface area (Å²) in [5.74, 6) is -0.894. The van der Waals surface area contributed by atoms with Crippen LogP contribution in [0.15, 0.2) is 59.5 Å². The predicted molar refractivity (Wildman–Crippen MR) is 96.5 cm³/mol. The fourth-order valence-corrected chi connectivity index (χ4v) is 3.26. The number of carbonyl (C=O) groups is 1. The van der Waals surface area contributed by atoms with E-state index >= 15 is 0 Å². The number of fused-ring (bicyclic) bond motifs is 1. The van der Waals surface area contributed by atoms with Gasteiger partial charge in [-0.1, -0.05) is 6.07 Å². The van der Waals surface area contributed by atoms with Crippen LogP contribution in [-0.2, 0) is 10.1 Å². The molecule has 3 N–H and O–H groups in total. The number of hydrogen-bond acceptors (Lipinski definition) is 6. The highest BCUT2D eigenvalue weighted by Crippen LogP contribution is 2.30. The molecule has 0 bridgehead atoms. The second-order valence-electron chi connectivity index (χ2n) is 5.61. The largest absolute Gasteiger partial charge is 0.508 e. The Morgan fingerprint density at radius 1 is 1.04 bits per heavy atom. The third kappa shape index (κ3) is 3.86. The number of phenols is 1. The maximum absolute atomic E-state index is 12.3. The van der Waals surface area contributed by atoms with Crippen molar-refractivity contribution < 1.29 is 27.8 Å². The fraction of sp³-hybridized carbons (Fsp3) is 0. The average molecular weight is 388 g/mol. The van der Waals surface area contributed by atoms with E-state index in [1.807, 2.05) is 0 Å². The Kier molecular flexibility index (Phi) is 4.52. The van der Waals surface area contributed by atoms with Gasteiger partial charge in [0.2, 0.25) is 0 Å². The van der Waals surface area contributed by atoms with Gasteiger partial charge in [0.05, 0.1) is 4.92 Å². The van der Waals surface area contributed by atoms with Gasteiger partial charge in [-0.15, -0.1) is 0 Å². The highest BCUT2D eigenvalue weighted by Gasteiger charge is 2.17. The quantitative estimate of drug-likeness (QED) is 0.354. The van der Waals surface area contributed by atoms with E-state index in [4.69, 9.17) is 0 Å². The van der Waals surface area contributed by atoms with E-state index < -0.39 is 25.8 Å². The van der Waals surface area contributed by atoms with Gasteiger partial charge in [0.1, 0.15) is 10.6 Å². The molecule has 0 spiro atoms. The molecule has 0 aliphatic heterocycles. The Morgan fingerprint density at radius 3 is 2.30 bits per heavy atom. The lowest BCUT2D eigenvalue weighted by atomic mass is 10.1. The standard InChI is InChI=1S/C17H12N2O7S/c20-14-7-11-1-4-12(8-15(11)16(9-14)27(24,25)26)18-17(21)10-2-5-13(6-3-10)19(22)23/h1-9,20H,(H,18,21)(H,24,25,26). The summed E-state index contributed by atoms with van der Waals surface area (Å²) in [6.07, 6.45) is 0. The predicted octanol–water partition coefficient (Wildman–Crippen LogP) is 2.95. The van der Waals surface area contributed by atoms with Gasteiger partial charge in [-0.25, -0.2) is 0 Å². The molecule has 0 fully saturated rings. The number of anilines is 1. The number of benzene rings is 3. The van der Waals surface area contributed by atoms with Gasteiger partial charge in [-0.05, 0) is 35.7 Å². The molecule has 0 aliphatic rings. The Hall–Kier alpha value is -3.50. The van der Waals surface area contributed by atoms with Gasteiger partial charge < -0.3 is 10.4 Å². The summed E-state index contributed by atoms with van der Waals surface area (Å²) < 4.78 is 32.4. The summed E-state index contributed by atoms with van der Waals surface area (Å²) in [6, 6.07) is 11.5. The normalized spacial score (nSPS) is 11.3. The van der Waals surface area contributed by atoms with E-state index in [1.165, 1.54) is 48.5 Å². The molecule has 1 amide bonds. The monoisotopic (exact) mass is 388 g/mol. The first-order valence-corrected chi connectivity index (χ1v) is 8.89. The van der Waals surface area contributed by atoms with Crippen LogP contribution in [-0.4, -0.2) is 28.9 Å². The van der Waals surface area contributed by atoms with Crippen molar-refractivity contribution in [2.45, 2.75) is 4.90 Å². The number of nitrogens with one attached hydrogen (secondary N) is 1. The molecule has 0 heterocycles. The van der Waals surface area contributed by atoms with E-state index in [9.17, 15) is 33.0 Å². The molecule has 0 atom stereocenters. The van der Waals surface area contributed by atoms with Gasteiger partial charge in [0.25, 0.3) is 21.7 Å². The number of carbonyl (C=O) groups excluding carboxylic acids is 1. The number of aromatic hydroxyl groups is 1. The van der Waals surface area contributed by atoms with Crippen LogP contribution in [0.25, 0.3) is 10.8 Å². The molecule has 0 aliphatic carbocycles. The topological polar surface area (TPSA) is 147 Å². The smallest absolute Gasteiger partial charge is 0.295 e. The number of hydrogen-bond donors (Lipinski definition) is 3. The van der Waals surface area contributed by atoms with Crippen molar-refractivity contribution in [1.29, 1.82) is 0 Å². The highest BCUT2D eigenvalue weighted by atomic mass is 32.2. The van der Waals surface area contributed by atoms with Crippen molar-refractivity contribution in [3.63, 3.8) is 0 Å². The Morgan fingerprint density at radius 2 is 1.70 bits per heavy atom. The molecule has 0 unspecified atom stereocenters. The molecular weight excluding hydrogens is 376 g/mol. The summed E-state index contributed by atoms with van der Waals surface area (Å²) in [5, 5.41) is 23.3. The van der Waals surface area contributed by atoms with Crippen molar-refractivity contribution in [1.82, 2.24) is 0 Å². The number of nitrogens with zero attached hydrogens (tertiary/aromatic N) is 1. The van der Waals surface area contributed by atoms with Crippen LogP contribution in [0, 0.1) is 10.1 Å². The molecule has 3 aromatic rings. The summed E-state index contributed by atoms with van der Waals surface area (Å²) in [5.41, 5.74) is 0.248. The zero-order valence-corrected chi connectivity index (χ0v) is 14.3. The van der Waals surface area contributed by atoms with Crippen LogP contribution in [0.1, 0.15) is 10.4 Å². The maximum atomic E-state index is 12.3. The maximum Gasteiger partial charge on any atom is 0.295 e. The number of rotatable bonds is 4. The third-order valence-electron chi connectivity index (χ3n) is 3.78. The number of nitro groups is 1. The van der Waals surface area contributed by atoms with Crippen LogP contribution in [0.3, 0.4) is 0 Å². The fourth-order valence-electron chi connectivity index (χ4n) is 2.54. The second kappa shape index (κ2) is 6.67. The van der Waals surface area contributed by atoms with Gasteiger partial charge in [0.15, 0.2) is 0 Å².